The zero-order valence-corrected chi connectivity index (χ0v) is 13.0. The minimum atomic E-state index is -0.495. The predicted octanol–water partition coefficient (Wildman–Crippen LogP) is 3.15. The van der Waals surface area contributed by atoms with E-state index >= 15 is 0 Å². The molecule has 0 aliphatic carbocycles. The second kappa shape index (κ2) is 7.90. The molecule has 4 nitrogen and oxygen atoms in total. The van der Waals surface area contributed by atoms with Crippen molar-refractivity contribution in [1.82, 2.24) is 5.32 Å². The maximum atomic E-state index is 11.9. The fourth-order valence-corrected chi connectivity index (χ4v) is 2.48. The predicted molar refractivity (Wildman–Crippen MR) is 84.0 cm³/mol. The first-order valence-corrected chi connectivity index (χ1v) is 8.06. The molecule has 2 aromatic rings. The van der Waals surface area contributed by atoms with Gasteiger partial charge in [0.1, 0.15) is 17.6 Å². The van der Waals surface area contributed by atoms with Crippen LogP contribution in [0, 0.1) is 0 Å². The van der Waals surface area contributed by atoms with E-state index < -0.39 is 6.04 Å². The zero-order chi connectivity index (χ0) is 15.1. The molecule has 0 radical (unpaired) electrons. The molecule has 112 valence electrons. The number of esters is 1. The number of carbonyl (C=O) groups excluding carboxylic acids is 1. The van der Waals surface area contributed by atoms with Crippen LogP contribution in [0.5, 0.6) is 0 Å². The standard InChI is InChI=1S/C16H19NO3S/c1-19-16(18)15(12-6-4-3-5-7-12)17-10-13-8-9-14(20-13)11-21-2/h3-9,15,17H,10-11H2,1-2H3. The molecule has 0 bridgehead atoms. The van der Waals surface area contributed by atoms with E-state index in [-0.39, 0.29) is 5.97 Å². The Hall–Kier alpha value is -1.72. The first-order chi connectivity index (χ1) is 10.2. The van der Waals surface area contributed by atoms with Gasteiger partial charge in [-0.1, -0.05) is 30.3 Å². The third-order valence-electron chi connectivity index (χ3n) is 3.05. The molecule has 0 spiro atoms. The summed E-state index contributed by atoms with van der Waals surface area (Å²) in [5.41, 5.74) is 0.875. The minimum absolute atomic E-state index is 0.308. The van der Waals surface area contributed by atoms with Crippen LogP contribution in [-0.4, -0.2) is 19.3 Å². The summed E-state index contributed by atoms with van der Waals surface area (Å²) in [4.78, 5) is 11.9. The van der Waals surface area contributed by atoms with E-state index in [0.29, 0.717) is 6.54 Å². The molecule has 0 saturated heterocycles. The Bertz CT molecular complexity index is 568. The number of ether oxygens (including phenoxy) is 1. The molecular formula is C16H19NO3S. The van der Waals surface area contributed by atoms with E-state index in [1.165, 1.54) is 7.11 Å². The van der Waals surface area contributed by atoms with E-state index in [4.69, 9.17) is 9.15 Å². The van der Waals surface area contributed by atoms with Crippen molar-refractivity contribution < 1.29 is 13.9 Å². The van der Waals surface area contributed by atoms with Crippen LogP contribution in [0.4, 0.5) is 0 Å². The van der Waals surface area contributed by atoms with Crippen molar-refractivity contribution in [2.75, 3.05) is 13.4 Å². The topological polar surface area (TPSA) is 51.5 Å². The lowest BCUT2D eigenvalue weighted by atomic mass is 10.1. The van der Waals surface area contributed by atoms with Crippen LogP contribution < -0.4 is 5.32 Å². The lowest BCUT2D eigenvalue weighted by Gasteiger charge is -2.16. The van der Waals surface area contributed by atoms with Crippen LogP contribution in [0.15, 0.2) is 46.9 Å². The Balaban J connectivity index is 2.03. The molecule has 1 aromatic heterocycles. The second-order valence-electron chi connectivity index (χ2n) is 4.55. The van der Waals surface area contributed by atoms with Gasteiger partial charge in [-0.15, -0.1) is 0 Å². The van der Waals surface area contributed by atoms with E-state index in [9.17, 15) is 4.79 Å². The summed E-state index contributed by atoms with van der Waals surface area (Å²) in [6, 6.07) is 12.9. The Morgan fingerprint density at radius 3 is 2.62 bits per heavy atom. The third-order valence-corrected chi connectivity index (χ3v) is 3.63. The summed E-state index contributed by atoms with van der Waals surface area (Å²) in [6.45, 7) is 0.475. The summed E-state index contributed by atoms with van der Waals surface area (Å²) in [6.07, 6.45) is 2.03. The van der Waals surface area contributed by atoms with Gasteiger partial charge in [0.15, 0.2) is 0 Å². The van der Waals surface area contributed by atoms with Gasteiger partial charge in [0.25, 0.3) is 0 Å². The van der Waals surface area contributed by atoms with Crippen LogP contribution >= 0.6 is 11.8 Å². The highest BCUT2D eigenvalue weighted by atomic mass is 32.2. The Morgan fingerprint density at radius 2 is 1.95 bits per heavy atom. The highest BCUT2D eigenvalue weighted by molar-refractivity contribution is 7.97. The van der Waals surface area contributed by atoms with Gasteiger partial charge >= 0.3 is 5.97 Å². The number of hydrogen-bond donors (Lipinski definition) is 1. The molecule has 0 amide bonds. The van der Waals surface area contributed by atoms with E-state index in [0.717, 1.165) is 22.8 Å². The summed E-state index contributed by atoms with van der Waals surface area (Å²) < 4.78 is 10.6. The summed E-state index contributed by atoms with van der Waals surface area (Å²) in [5, 5.41) is 3.18. The van der Waals surface area contributed by atoms with Gasteiger partial charge in [0.05, 0.1) is 19.4 Å². The molecule has 1 atom stereocenters. The molecule has 21 heavy (non-hydrogen) atoms. The molecule has 1 aromatic carbocycles. The van der Waals surface area contributed by atoms with Crippen molar-refractivity contribution in [3.63, 3.8) is 0 Å². The van der Waals surface area contributed by atoms with Crippen molar-refractivity contribution in [3.8, 4) is 0 Å². The quantitative estimate of drug-likeness (QED) is 0.796. The molecular weight excluding hydrogens is 286 g/mol. The average Bonchev–Trinajstić information content (AvgIpc) is 2.96. The van der Waals surface area contributed by atoms with Crippen molar-refractivity contribution in [2.24, 2.45) is 0 Å². The summed E-state index contributed by atoms with van der Waals surface area (Å²) in [5.74, 6) is 2.29. The lowest BCUT2D eigenvalue weighted by molar-refractivity contribution is -0.143. The third kappa shape index (κ3) is 4.37. The van der Waals surface area contributed by atoms with Gasteiger partial charge in [-0.2, -0.15) is 11.8 Å². The van der Waals surface area contributed by atoms with Gasteiger partial charge in [-0.3, -0.25) is 5.32 Å². The van der Waals surface area contributed by atoms with Gasteiger partial charge in [-0.05, 0) is 24.0 Å². The maximum Gasteiger partial charge on any atom is 0.327 e. The first kappa shape index (κ1) is 15.7. The minimum Gasteiger partial charge on any atom is -0.468 e. The fraction of sp³-hybridized carbons (Fsp3) is 0.312. The molecule has 1 unspecified atom stereocenters. The van der Waals surface area contributed by atoms with Crippen molar-refractivity contribution in [3.05, 3.63) is 59.5 Å². The van der Waals surface area contributed by atoms with E-state index in [2.05, 4.69) is 5.32 Å². The van der Waals surface area contributed by atoms with Crippen molar-refractivity contribution in [1.29, 1.82) is 0 Å². The van der Waals surface area contributed by atoms with Crippen LogP contribution in [0.25, 0.3) is 0 Å². The van der Waals surface area contributed by atoms with Crippen LogP contribution in [0.2, 0.25) is 0 Å². The van der Waals surface area contributed by atoms with Crippen LogP contribution in [0.3, 0.4) is 0 Å². The lowest BCUT2D eigenvalue weighted by Crippen LogP contribution is -2.29. The highest BCUT2D eigenvalue weighted by Gasteiger charge is 2.20. The number of nitrogens with one attached hydrogen (secondary N) is 1. The smallest absolute Gasteiger partial charge is 0.327 e. The average molecular weight is 305 g/mol. The molecule has 0 aliphatic rings. The van der Waals surface area contributed by atoms with Crippen molar-refractivity contribution >= 4 is 17.7 Å². The van der Waals surface area contributed by atoms with Crippen molar-refractivity contribution in [2.45, 2.75) is 18.3 Å². The van der Waals surface area contributed by atoms with Crippen LogP contribution in [0.1, 0.15) is 23.1 Å². The second-order valence-corrected chi connectivity index (χ2v) is 5.41. The first-order valence-electron chi connectivity index (χ1n) is 6.67. The Morgan fingerprint density at radius 1 is 1.24 bits per heavy atom. The number of methoxy groups -OCH3 is 1. The molecule has 1 heterocycles. The Labute approximate surface area is 128 Å². The van der Waals surface area contributed by atoms with Gasteiger partial charge in [-0.25, -0.2) is 4.79 Å². The molecule has 5 heteroatoms. The van der Waals surface area contributed by atoms with E-state index in [1.807, 2.05) is 48.7 Å². The molecule has 0 aliphatic heterocycles. The Kier molecular flexibility index (Phi) is 5.90. The normalized spacial score (nSPS) is 12.1. The number of benzene rings is 1. The SMILES string of the molecule is COC(=O)C(NCc1ccc(CSC)o1)c1ccccc1. The molecule has 0 fully saturated rings. The van der Waals surface area contributed by atoms with E-state index in [1.54, 1.807) is 11.8 Å². The number of hydrogen-bond acceptors (Lipinski definition) is 5. The number of carbonyl (C=O) groups is 1. The number of rotatable bonds is 7. The monoisotopic (exact) mass is 305 g/mol. The molecule has 1 N–H and O–H groups in total. The van der Waals surface area contributed by atoms with Crippen LogP contribution in [-0.2, 0) is 21.8 Å². The fourth-order valence-electron chi connectivity index (χ4n) is 2.04. The summed E-state index contributed by atoms with van der Waals surface area (Å²) in [7, 11) is 1.39. The number of thioether (sulfide) groups is 1. The molecule has 2 rings (SSSR count). The zero-order valence-electron chi connectivity index (χ0n) is 12.2. The molecule has 0 saturated carbocycles. The van der Waals surface area contributed by atoms with Gasteiger partial charge in [0.2, 0.25) is 0 Å². The van der Waals surface area contributed by atoms with Gasteiger partial charge < -0.3 is 9.15 Å². The number of furan rings is 1. The highest BCUT2D eigenvalue weighted by Crippen LogP contribution is 2.17. The summed E-state index contributed by atoms with van der Waals surface area (Å²) >= 11 is 1.71. The largest absolute Gasteiger partial charge is 0.468 e. The van der Waals surface area contributed by atoms with Gasteiger partial charge in [0, 0.05) is 0 Å². The maximum absolute atomic E-state index is 11.9.